The minimum absolute atomic E-state index is 0. The van der Waals surface area contributed by atoms with Gasteiger partial charge in [0, 0.05) is 22.9 Å². The maximum atomic E-state index is 10.3. The molecule has 0 bridgehead atoms. The second-order valence-electron chi connectivity index (χ2n) is 8.27. The number of unbranched alkanes of at least 4 members (excludes halogenated alkanes) is 8. The van der Waals surface area contributed by atoms with Crippen molar-refractivity contribution in [1.82, 2.24) is 6.15 Å². The number of nitrogens with zero attached hydrogens (tertiary/aromatic N) is 1. The van der Waals surface area contributed by atoms with Crippen LogP contribution in [-0.2, 0) is 62.2 Å². The fourth-order valence-corrected chi connectivity index (χ4v) is 4.37. The fourth-order valence-electron chi connectivity index (χ4n) is 2.05. The summed E-state index contributed by atoms with van der Waals surface area (Å²) in [6.45, 7) is 15.6. The van der Waals surface area contributed by atoms with Gasteiger partial charge in [-0.1, -0.05) is 69.5 Å². The average molecular weight is 1050 g/mol. The van der Waals surface area contributed by atoms with Crippen molar-refractivity contribution in [1.29, 1.82) is 5.26 Å². The summed E-state index contributed by atoms with van der Waals surface area (Å²) in [6, 6.07) is 1.75. The topological polar surface area (TPSA) is 323 Å². The van der Waals surface area contributed by atoms with Gasteiger partial charge in [0.15, 0.2) is 0 Å². The van der Waals surface area contributed by atoms with Crippen LogP contribution in [-0.4, -0.2) is 54.9 Å². The maximum absolute atomic E-state index is 10.3. The van der Waals surface area contributed by atoms with E-state index in [0.29, 0.717) is 12.8 Å². The number of sulfonamides is 1. The van der Waals surface area contributed by atoms with Crippen molar-refractivity contribution in [3.05, 3.63) is 50.6 Å². The SMILES string of the molecule is C=CCCCCBr.C=CCCCCS(=O)(=O)Cl.C=CCCCCS(N)(=O)=O.C=CCCCC[S-](=O)=O.CC#N.N.O.O=P(Cl)(Cl)Cl.O=[S-](=O)[O-].[Na+].[Na+].[Na+].[OH-]. The molecule has 0 aromatic rings. The van der Waals surface area contributed by atoms with Crippen molar-refractivity contribution in [3.63, 3.8) is 0 Å². The molecule has 0 radical (unpaired) electrons. The monoisotopic (exact) mass is 1050 g/mol. The molecule has 0 atom stereocenters. The Morgan fingerprint density at radius 1 is 0.759 bits per heavy atom. The molecule has 0 saturated carbocycles. The number of alkyl halides is 1. The van der Waals surface area contributed by atoms with Gasteiger partial charge in [0.25, 0.3) is 0 Å². The molecule has 0 aromatic carbocycles. The summed E-state index contributed by atoms with van der Waals surface area (Å²) in [5.74, 6) is 0.442. The molecule has 0 aliphatic heterocycles. The minimum atomic E-state index is -3.27. The van der Waals surface area contributed by atoms with E-state index in [2.05, 4.69) is 76.0 Å². The van der Waals surface area contributed by atoms with Gasteiger partial charge < -0.3 is 38.5 Å². The first-order chi connectivity index (χ1) is 22.0. The van der Waals surface area contributed by atoms with E-state index in [-0.39, 0.29) is 123 Å². The molecule has 0 rings (SSSR count). The summed E-state index contributed by atoms with van der Waals surface area (Å²) in [5, 5.41) is 9.99. The molecule has 0 aliphatic rings. The first-order valence-electron chi connectivity index (χ1n) is 13.7. The van der Waals surface area contributed by atoms with Crippen LogP contribution >= 0.6 is 65.5 Å². The van der Waals surface area contributed by atoms with Crippen molar-refractivity contribution in [2.24, 2.45) is 5.14 Å². The molecule has 54 heavy (non-hydrogen) atoms. The van der Waals surface area contributed by atoms with E-state index in [1.54, 1.807) is 24.3 Å². The Balaban J connectivity index is -0.0000000334. The first kappa shape index (κ1) is 92.3. The Kier molecular flexibility index (Phi) is 126. The van der Waals surface area contributed by atoms with E-state index < -0.39 is 46.0 Å². The third-order valence-corrected chi connectivity index (χ3v) is 7.17. The van der Waals surface area contributed by atoms with Crippen LogP contribution in [0, 0.1) is 11.3 Å². The van der Waals surface area contributed by atoms with Crippen LogP contribution in [0.5, 0.6) is 0 Å². The molecule has 0 heterocycles. The third-order valence-electron chi connectivity index (χ3n) is 3.89. The molecule has 0 spiro atoms. The van der Waals surface area contributed by atoms with Crippen LogP contribution in [0.15, 0.2) is 50.6 Å². The molecule has 0 aliphatic carbocycles. The predicted octanol–water partition coefficient (Wildman–Crippen LogP) is -0.129. The summed E-state index contributed by atoms with van der Waals surface area (Å²) >= 11 is 17.2. The van der Waals surface area contributed by atoms with E-state index in [1.807, 2.05) is 6.08 Å². The molecule has 28 heteroatoms. The van der Waals surface area contributed by atoms with Gasteiger partial charge in [-0.2, -0.15) is 16.2 Å². The van der Waals surface area contributed by atoms with Crippen molar-refractivity contribution >= 4 is 106 Å². The molecular weight excluding hydrogens is 996 g/mol. The number of rotatable bonds is 19. The van der Waals surface area contributed by atoms with Gasteiger partial charge in [0.2, 0.25) is 19.1 Å². The van der Waals surface area contributed by atoms with Crippen LogP contribution in [0.3, 0.4) is 0 Å². The van der Waals surface area contributed by atoms with E-state index in [4.69, 9.17) is 34.1 Å². The van der Waals surface area contributed by atoms with E-state index >= 15 is 0 Å². The minimum Gasteiger partial charge on any atom is -0.917 e. The summed E-state index contributed by atoms with van der Waals surface area (Å²) in [7, 11) is -6.51. The number of hydrogen-bond donors (Lipinski definition) is 2. The largest absolute Gasteiger partial charge is 1.00 e. The number of hydrogen-bond acceptors (Lipinski definition) is 15. The summed E-state index contributed by atoms with van der Waals surface area (Å²) in [6.07, 6.45) is 18.2. The van der Waals surface area contributed by atoms with Gasteiger partial charge in [-0.15, -0.1) is 26.3 Å². The molecule has 314 valence electrons. The van der Waals surface area contributed by atoms with Gasteiger partial charge >= 0.3 is 93.9 Å². The Morgan fingerprint density at radius 3 is 1.20 bits per heavy atom. The molecule has 8 N–H and O–H groups in total. The molecule has 0 unspecified atom stereocenters. The maximum Gasteiger partial charge on any atom is 1.00 e. The molecule has 0 amide bonds. The second-order valence-corrected chi connectivity index (χ2v) is 21.8. The number of primary sulfonamides is 1. The average Bonchev–Trinajstić information content (AvgIpc) is 2.91. The van der Waals surface area contributed by atoms with E-state index in [0.717, 1.165) is 56.7 Å². The van der Waals surface area contributed by atoms with Crippen LogP contribution in [0.1, 0.15) is 84.0 Å². The van der Waals surface area contributed by atoms with Gasteiger partial charge in [-0.3, -0.25) is 4.57 Å². The van der Waals surface area contributed by atoms with Crippen LogP contribution < -0.4 is 100.0 Å². The van der Waals surface area contributed by atoms with Crippen LogP contribution in [0.25, 0.3) is 0 Å². The fraction of sp³-hybridized carbons (Fsp3) is 0.654. The van der Waals surface area contributed by atoms with Crippen molar-refractivity contribution in [2.75, 3.05) is 22.6 Å². The molecular formula is C26H55BrCl4N3Na3O12PS4-. The third kappa shape index (κ3) is 220. The van der Waals surface area contributed by atoms with Crippen molar-refractivity contribution in [3.8, 4) is 6.07 Å². The van der Waals surface area contributed by atoms with Crippen LogP contribution in [0.2, 0.25) is 0 Å². The van der Waals surface area contributed by atoms with Gasteiger partial charge in [-0.25, -0.2) is 22.0 Å². The van der Waals surface area contributed by atoms with Crippen molar-refractivity contribution < 1.29 is 142 Å². The van der Waals surface area contributed by atoms with Gasteiger partial charge in [0.1, 0.15) is 0 Å². The molecule has 0 aromatic heterocycles. The smallest absolute Gasteiger partial charge is 0.917 e. The number of nitrogens with two attached hydrogens (primary N) is 1. The Bertz CT molecular complexity index is 1180. The molecule has 0 fully saturated rings. The van der Waals surface area contributed by atoms with Gasteiger partial charge in [0.05, 0.1) is 17.6 Å². The zero-order valence-corrected chi connectivity index (χ0v) is 46.5. The zero-order chi connectivity index (χ0) is 39.5. The Morgan fingerprint density at radius 2 is 1.00 bits per heavy atom. The molecule has 0 saturated heterocycles. The van der Waals surface area contributed by atoms with E-state index in [1.165, 1.54) is 19.8 Å². The quantitative estimate of drug-likeness (QED) is 0.0196. The van der Waals surface area contributed by atoms with Crippen molar-refractivity contribution in [2.45, 2.75) is 84.0 Å². The normalized spacial score (nSPS) is 8.83. The number of allylic oxidation sites excluding steroid dienone is 4. The Hall–Kier alpha value is 2.92. The van der Waals surface area contributed by atoms with Crippen LogP contribution in [0.4, 0.5) is 0 Å². The number of nitriles is 1. The number of halogens is 5. The second kappa shape index (κ2) is 73.5. The molecule has 15 nitrogen and oxygen atoms in total. The van der Waals surface area contributed by atoms with Gasteiger partial charge in [-0.05, 0) is 97.9 Å². The summed E-state index contributed by atoms with van der Waals surface area (Å²) in [5.41, 5.74) is 0. The summed E-state index contributed by atoms with van der Waals surface area (Å²) < 4.78 is 96.1. The van der Waals surface area contributed by atoms with E-state index in [9.17, 15) is 29.8 Å². The summed E-state index contributed by atoms with van der Waals surface area (Å²) in [4.78, 5) is 0. The standard InChI is InChI=1S/C6H11Br.C6H11ClO2S.C6H13NO2S.C6H11O2S.C2H3N.Cl3OP.H3N.3Na.O3S.2H2O/c1-2-3-4-5-6-7;2*1-2-3-4-5-6-10(7,8)9;1-2-3-4-5-6-9(7)8;1-2-3;1-5(2,3)4;;;;;1-4(2)3;;/h2H,1,3-6H2;2H,1,3-6H2;2H,1,3-6H2,(H2,7,8,9);2H,1,3-6H2;1H3;;1H3;;;;;2*1H2/q;;;-1;;;;3*+1;-2;;/p-1. The predicted molar refractivity (Wildman–Crippen MR) is 218 cm³/mol. The Labute approximate surface area is 422 Å². The zero-order valence-electron chi connectivity index (χ0n) is 31.7. The first-order valence-corrected chi connectivity index (χ1v) is 25.7.